The summed E-state index contributed by atoms with van der Waals surface area (Å²) in [5.74, 6) is -0.970. The van der Waals surface area contributed by atoms with Crippen molar-refractivity contribution in [3.8, 4) is 0 Å². The average molecular weight is 202 g/mol. The Bertz CT molecular complexity index is 221. The van der Waals surface area contributed by atoms with Crippen LogP contribution in [0.15, 0.2) is 0 Å². The van der Waals surface area contributed by atoms with Crippen molar-refractivity contribution in [3.05, 3.63) is 0 Å². The lowest BCUT2D eigenvalue weighted by Crippen LogP contribution is -2.38. The Morgan fingerprint density at radius 3 is 2.21 bits per heavy atom. The quantitative estimate of drug-likeness (QED) is 0.623. The Kier molecular flexibility index (Phi) is 4.56. The lowest BCUT2D eigenvalue weighted by atomic mass is 10.1. The van der Waals surface area contributed by atoms with Crippen LogP contribution < -0.4 is 11.5 Å². The van der Waals surface area contributed by atoms with E-state index in [0.717, 1.165) is 0 Å². The van der Waals surface area contributed by atoms with E-state index in [4.69, 9.17) is 16.2 Å². The molecule has 0 heterocycles. The van der Waals surface area contributed by atoms with Crippen molar-refractivity contribution in [1.29, 1.82) is 0 Å². The van der Waals surface area contributed by atoms with Crippen molar-refractivity contribution in [2.24, 2.45) is 11.5 Å². The maximum atomic E-state index is 11.3. The van der Waals surface area contributed by atoms with E-state index in [1.165, 1.54) is 0 Å². The van der Waals surface area contributed by atoms with Crippen molar-refractivity contribution < 1.29 is 14.3 Å². The average Bonchev–Trinajstić information content (AvgIpc) is 1.96. The Labute approximate surface area is 83.8 Å². The van der Waals surface area contributed by atoms with Gasteiger partial charge in [-0.3, -0.25) is 9.59 Å². The first-order valence-electron chi connectivity index (χ1n) is 4.49. The lowest BCUT2D eigenvalue weighted by Gasteiger charge is -2.21. The highest BCUT2D eigenvalue weighted by molar-refractivity contribution is 5.78. The summed E-state index contributed by atoms with van der Waals surface area (Å²) in [5.41, 5.74) is 9.86. The second kappa shape index (κ2) is 4.95. The predicted octanol–water partition coefficient (Wildman–Crippen LogP) is -0.0791. The zero-order chi connectivity index (χ0) is 11.4. The topological polar surface area (TPSA) is 95.4 Å². The van der Waals surface area contributed by atoms with E-state index in [9.17, 15) is 9.59 Å². The molecular formula is C9H18N2O3. The van der Waals surface area contributed by atoms with Crippen LogP contribution in [0.3, 0.4) is 0 Å². The van der Waals surface area contributed by atoms with Gasteiger partial charge in [0.05, 0.1) is 0 Å². The van der Waals surface area contributed by atoms with Crippen molar-refractivity contribution in [1.82, 2.24) is 0 Å². The molecular weight excluding hydrogens is 184 g/mol. The summed E-state index contributed by atoms with van der Waals surface area (Å²) < 4.78 is 5.02. The maximum absolute atomic E-state index is 11.3. The van der Waals surface area contributed by atoms with Gasteiger partial charge < -0.3 is 16.2 Å². The molecule has 0 rings (SSSR count). The van der Waals surface area contributed by atoms with Crippen molar-refractivity contribution in [3.63, 3.8) is 0 Å². The maximum Gasteiger partial charge on any atom is 0.323 e. The van der Waals surface area contributed by atoms with Gasteiger partial charge in [-0.1, -0.05) is 0 Å². The summed E-state index contributed by atoms with van der Waals surface area (Å²) >= 11 is 0. The number of ether oxygens (including phenoxy) is 1. The van der Waals surface area contributed by atoms with Gasteiger partial charge in [-0.2, -0.15) is 0 Å². The highest BCUT2D eigenvalue weighted by atomic mass is 16.6. The number of rotatable bonds is 4. The Balaban J connectivity index is 3.94. The molecule has 0 aromatic heterocycles. The summed E-state index contributed by atoms with van der Waals surface area (Å²) in [6.45, 7) is 5.27. The highest BCUT2D eigenvalue weighted by Crippen LogP contribution is 2.09. The minimum Gasteiger partial charge on any atom is -0.459 e. The van der Waals surface area contributed by atoms with E-state index in [2.05, 4.69) is 0 Å². The molecule has 0 aromatic rings. The first kappa shape index (κ1) is 12.9. The number of carbonyl (C=O) groups excluding carboxylic acids is 2. The fraction of sp³-hybridized carbons (Fsp3) is 0.778. The van der Waals surface area contributed by atoms with Crippen LogP contribution in [-0.4, -0.2) is 23.5 Å². The van der Waals surface area contributed by atoms with Gasteiger partial charge in [0.2, 0.25) is 5.91 Å². The fourth-order valence-electron chi connectivity index (χ4n) is 0.793. The molecule has 0 aliphatic heterocycles. The van der Waals surface area contributed by atoms with Crippen LogP contribution in [0.4, 0.5) is 0 Å². The molecule has 5 nitrogen and oxygen atoms in total. The molecule has 1 atom stereocenters. The first-order chi connectivity index (χ1) is 6.22. The number of amides is 1. The van der Waals surface area contributed by atoms with Crippen LogP contribution in [0.5, 0.6) is 0 Å². The van der Waals surface area contributed by atoms with Crippen LogP contribution >= 0.6 is 0 Å². The predicted molar refractivity (Wildman–Crippen MR) is 52.2 cm³/mol. The molecule has 14 heavy (non-hydrogen) atoms. The van der Waals surface area contributed by atoms with E-state index >= 15 is 0 Å². The summed E-state index contributed by atoms with van der Waals surface area (Å²) in [6, 6.07) is -0.776. The molecule has 5 heteroatoms. The second-order valence-corrected chi connectivity index (χ2v) is 4.14. The molecule has 0 aliphatic rings. The second-order valence-electron chi connectivity index (χ2n) is 4.14. The summed E-state index contributed by atoms with van der Waals surface area (Å²) in [6.07, 6.45) is 0.324. The number of esters is 1. The number of nitrogens with two attached hydrogens (primary N) is 2. The van der Waals surface area contributed by atoms with Gasteiger partial charge in [0.15, 0.2) is 0 Å². The fourth-order valence-corrected chi connectivity index (χ4v) is 0.793. The Hall–Kier alpha value is -1.10. The molecule has 0 aromatic carbocycles. The molecule has 0 spiro atoms. The van der Waals surface area contributed by atoms with Crippen LogP contribution in [0.1, 0.15) is 33.6 Å². The molecule has 0 fully saturated rings. The van der Waals surface area contributed by atoms with E-state index in [-0.39, 0.29) is 12.8 Å². The number of hydrogen-bond donors (Lipinski definition) is 2. The van der Waals surface area contributed by atoms with Gasteiger partial charge in [0, 0.05) is 6.42 Å². The number of carbonyl (C=O) groups is 2. The minimum atomic E-state index is -0.776. The molecule has 0 radical (unpaired) electrons. The van der Waals surface area contributed by atoms with Crippen molar-refractivity contribution >= 4 is 11.9 Å². The van der Waals surface area contributed by atoms with Crippen molar-refractivity contribution in [2.75, 3.05) is 0 Å². The highest BCUT2D eigenvalue weighted by Gasteiger charge is 2.22. The van der Waals surface area contributed by atoms with Gasteiger partial charge in [0.1, 0.15) is 11.6 Å². The van der Waals surface area contributed by atoms with Crippen molar-refractivity contribution in [2.45, 2.75) is 45.3 Å². The first-order valence-corrected chi connectivity index (χ1v) is 4.49. The van der Waals surface area contributed by atoms with E-state index in [0.29, 0.717) is 0 Å². The molecule has 82 valence electrons. The molecule has 0 saturated carbocycles. The molecule has 0 saturated heterocycles. The van der Waals surface area contributed by atoms with E-state index in [1.54, 1.807) is 20.8 Å². The van der Waals surface area contributed by atoms with Gasteiger partial charge in [-0.05, 0) is 27.2 Å². The third kappa shape index (κ3) is 6.42. The van der Waals surface area contributed by atoms with Crippen LogP contribution in [0.2, 0.25) is 0 Å². The third-order valence-electron chi connectivity index (χ3n) is 1.41. The molecule has 1 amide bonds. The Morgan fingerprint density at radius 2 is 1.86 bits per heavy atom. The normalized spacial score (nSPS) is 13.4. The third-order valence-corrected chi connectivity index (χ3v) is 1.41. The summed E-state index contributed by atoms with van der Waals surface area (Å²) in [7, 11) is 0. The van der Waals surface area contributed by atoms with Crippen LogP contribution in [0.25, 0.3) is 0 Å². The van der Waals surface area contributed by atoms with E-state index < -0.39 is 23.5 Å². The summed E-state index contributed by atoms with van der Waals surface area (Å²) in [5, 5.41) is 0. The van der Waals surface area contributed by atoms with Crippen LogP contribution in [0, 0.1) is 0 Å². The zero-order valence-corrected chi connectivity index (χ0v) is 8.87. The lowest BCUT2D eigenvalue weighted by molar-refractivity contribution is -0.156. The molecule has 4 N–H and O–H groups in total. The molecule has 0 unspecified atom stereocenters. The summed E-state index contributed by atoms with van der Waals surface area (Å²) in [4.78, 5) is 21.7. The number of hydrogen-bond acceptors (Lipinski definition) is 4. The molecule has 0 aliphatic carbocycles. The van der Waals surface area contributed by atoms with Crippen LogP contribution in [-0.2, 0) is 14.3 Å². The molecule has 0 bridgehead atoms. The SMILES string of the molecule is CC(C)(C)OC(=O)[C@H](N)CCC(N)=O. The van der Waals surface area contributed by atoms with Gasteiger partial charge in [0.25, 0.3) is 0 Å². The minimum absolute atomic E-state index is 0.0976. The Morgan fingerprint density at radius 1 is 1.36 bits per heavy atom. The monoisotopic (exact) mass is 202 g/mol. The van der Waals surface area contributed by atoms with Gasteiger partial charge in [-0.15, -0.1) is 0 Å². The smallest absolute Gasteiger partial charge is 0.323 e. The van der Waals surface area contributed by atoms with E-state index in [1.807, 2.05) is 0 Å². The van der Waals surface area contributed by atoms with Gasteiger partial charge in [-0.25, -0.2) is 0 Å². The van der Waals surface area contributed by atoms with Gasteiger partial charge >= 0.3 is 5.97 Å². The standard InChI is InChI=1S/C9H18N2O3/c1-9(2,3)14-8(13)6(10)4-5-7(11)12/h6H,4-5,10H2,1-3H3,(H2,11,12)/t6-/m1/s1. The number of primary amides is 1. The zero-order valence-electron chi connectivity index (χ0n) is 8.87. The largest absolute Gasteiger partial charge is 0.459 e.